The molecule has 0 spiro atoms. The van der Waals surface area contributed by atoms with Crippen LogP contribution in [0.25, 0.3) is 5.69 Å². The summed E-state index contributed by atoms with van der Waals surface area (Å²) in [6, 6.07) is 4.47. The maximum Gasteiger partial charge on any atom is 0.152 e. The van der Waals surface area contributed by atoms with Crippen molar-refractivity contribution in [2.75, 3.05) is 0 Å². The quantitative estimate of drug-likeness (QED) is 0.709. The standard InChI is InChI=1S/C9H7N3O2/c13-4-7-3-8(14)1-2-9(7)12-6-10-5-11-12/h1-6,14H. The van der Waals surface area contributed by atoms with Crippen LogP contribution in [0, 0.1) is 0 Å². The van der Waals surface area contributed by atoms with Crippen LogP contribution in [-0.2, 0) is 0 Å². The lowest BCUT2D eigenvalue weighted by atomic mass is 10.2. The SMILES string of the molecule is O=Cc1cc(O)ccc1-n1cncn1. The summed E-state index contributed by atoms with van der Waals surface area (Å²) >= 11 is 0. The van der Waals surface area contributed by atoms with Crippen molar-refractivity contribution in [2.24, 2.45) is 0 Å². The van der Waals surface area contributed by atoms with Crippen LogP contribution in [0.1, 0.15) is 10.4 Å². The number of carbonyl (C=O) groups is 1. The van der Waals surface area contributed by atoms with Gasteiger partial charge in [-0.3, -0.25) is 4.79 Å². The Morgan fingerprint density at radius 1 is 1.43 bits per heavy atom. The number of carbonyl (C=O) groups excluding carboxylic acids is 1. The highest BCUT2D eigenvalue weighted by atomic mass is 16.3. The number of aromatic nitrogens is 3. The first-order valence-corrected chi connectivity index (χ1v) is 3.94. The van der Waals surface area contributed by atoms with Gasteiger partial charge in [0.15, 0.2) is 6.29 Å². The second-order valence-electron chi connectivity index (χ2n) is 2.70. The molecular weight excluding hydrogens is 182 g/mol. The third-order valence-corrected chi connectivity index (χ3v) is 1.80. The van der Waals surface area contributed by atoms with E-state index in [2.05, 4.69) is 10.1 Å². The number of hydrogen-bond donors (Lipinski definition) is 1. The van der Waals surface area contributed by atoms with Crippen LogP contribution in [0.15, 0.2) is 30.9 Å². The lowest BCUT2D eigenvalue weighted by Crippen LogP contribution is -1.98. The second kappa shape index (κ2) is 3.29. The van der Waals surface area contributed by atoms with Crippen molar-refractivity contribution in [1.82, 2.24) is 14.8 Å². The van der Waals surface area contributed by atoms with Crippen molar-refractivity contribution >= 4 is 6.29 Å². The molecule has 70 valence electrons. The van der Waals surface area contributed by atoms with Gasteiger partial charge in [-0.25, -0.2) is 9.67 Å². The number of aldehydes is 1. The molecule has 0 radical (unpaired) electrons. The van der Waals surface area contributed by atoms with E-state index in [0.29, 0.717) is 17.5 Å². The summed E-state index contributed by atoms with van der Waals surface area (Å²) in [6.07, 6.45) is 3.53. The molecular formula is C9H7N3O2. The summed E-state index contributed by atoms with van der Waals surface area (Å²) in [7, 11) is 0. The predicted molar refractivity (Wildman–Crippen MR) is 48.4 cm³/mol. The molecule has 2 aromatic rings. The molecule has 1 N–H and O–H groups in total. The van der Waals surface area contributed by atoms with Gasteiger partial charge in [0.25, 0.3) is 0 Å². The molecule has 0 atom stereocenters. The van der Waals surface area contributed by atoms with E-state index < -0.39 is 0 Å². The van der Waals surface area contributed by atoms with E-state index in [1.165, 1.54) is 29.5 Å². The molecule has 0 saturated heterocycles. The molecule has 1 heterocycles. The van der Waals surface area contributed by atoms with Crippen molar-refractivity contribution < 1.29 is 9.90 Å². The van der Waals surface area contributed by atoms with Gasteiger partial charge >= 0.3 is 0 Å². The third kappa shape index (κ3) is 1.35. The highest BCUT2D eigenvalue weighted by molar-refractivity contribution is 5.81. The predicted octanol–water partition coefficient (Wildman–Crippen LogP) is 0.785. The van der Waals surface area contributed by atoms with E-state index in [9.17, 15) is 4.79 Å². The molecule has 0 fully saturated rings. The summed E-state index contributed by atoms with van der Waals surface area (Å²) in [5.74, 6) is 0.0518. The third-order valence-electron chi connectivity index (χ3n) is 1.80. The summed E-state index contributed by atoms with van der Waals surface area (Å²) in [4.78, 5) is 14.5. The van der Waals surface area contributed by atoms with Gasteiger partial charge in [0.2, 0.25) is 0 Å². The Balaban J connectivity index is 2.58. The zero-order valence-electron chi connectivity index (χ0n) is 7.16. The molecule has 0 unspecified atom stereocenters. The highest BCUT2D eigenvalue weighted by Crippen LogP contribution is 2.17. The van der Waals surface area contributed by atoms with Crippen LogP contribution in [0.2, 0.25) is 0 Å². The fraction of sp³-hybridized carbons (Fsp3) is 0. The maximum atomic E-state index is 10.7. The number of hydrogen-bond acceptors (Lipinski definition) is 4. The van der Waals surface area contributed by atoms with Gasteiger partial charge in [-0.15, -0.1) is 0 Å². The van der Waals surface area contributed by atoms with E-state index >= 15 is 0 Å². The maximum absolute atomic E-state index is 10.7. The molecule has 1 aromatic heterocycles. The highest BCUT2D eigenvalue weighted by Gasteiger charge is 2.04. The fourth-order valence-electron chi connectivity index (χ4n) is 1.18. The summed E-state index contributed by atoms with van der Waals surface area (Å²) in [6.45, 7) is 0. The zero-order valence-corrected chi connectivity index (χ0v) is 7.16. The molecule has 14 heavy (non-hydrogen) atoms. The van der Waals surface area contributed by atoms with Crippen molar-refractivity contribution in [3.63, 3.8) is 0 Å². The number of phenolic OH excluding ortho intramolecular Hbond substituents is 1. The Hall–Kier alpha value is -2.17. The normalized spacial score (nSPS) is 10.0. The van der Waals surface area contributed by atoms with E-state index in [-0.39, 0.29) is 5.75 Å². The van der Waals surface area contributed by atoms with Crippen LogP contribution in [-0.4, -0.2) is 26.2 Å². The number of nitrogens with zero attached hydrogens (tertiary/aromatic N) is 3. The number of benzene rings is 1. The Morgan fingerprint density at radius 3 is 2.93 bits per heavy atom. The first-order chi connectivity index (χ1) is 6.81. The van der Waals surface area contributed by atoms with Gasteiger partial charge in [0.1, 0.15) is 18.4 Å². The largest absolute Gasteiger partial charge is 0.508 e. The molecule has 0 aliphatic carbocycles. The van der Waals surface area contributed by atoms with E-state index in [1.54, 1.807) is 6.07 Å². The first-order valence-electron chi connectivity index (χ1n) is 3.94. The van der Waals surface area contributed by atoms with Gasteiger partial charge in [-0.2, -0.15) is 5.10 Å². The minimum Gasteiger partial charge on any atom is -0.508 e. The molecule has 0 bridgehead atoms. The minimum atomic E-state index is 0.0518. The number of phenols is 1. The molecule has 0 amide bonds. The summed E-state index contributed by atoms with van der Waals surface area (Å²) in [5, 5.41) is 13.1. The van der Waals surface area contributed by atoms with Crippen molar-refractivity contribution in [3.8, 4) is 11.4 Å². The van der Waals surface area contributed by atoms with E-state index in [1.807, 2.05) is 0 Å². The molecule has 5 heteroatoms. The monoisotopic (exact) mass is 189 g/mol. The Kier molecular flexibility index (Phi) is 1.98. The van der Waals surface area contributed by atoms with Crippen LogP contribution in [0.4, 0.5) is 0 Å². The minimum absolute atomic E-state index is 0.0518. The summed E-state index contributed by atoms with van der Waals surface area (Å²) in [5.41, 5.74) is 0.964. The average molecular weight is 189 g/mol. The lowest BCUT2D eigenvalue weighted by Gasteiger charge is -2.03. The molecule has 1 aromatic carbocycles. The Bertz CT molecular complexity index is 451. The Labute approximate surface area is 79.6 Å². The van der Waals surface area contributed by atoms with Crippen LogP contribution in [0.5, 0.6) is 5.75 Å². The topological polar surface area (TPSA) is 68.0 Å². The molecule has 0 aliphatic rings. The first kappa shape index (κ1) is 8.43. The van der Waals surface area contributed by atoms with Crippen LogP contribution in [0.3, 0.4) is 0 Å². The number of aromatic hydroxyl groups is 1. The molecule has 0 aliphatic heterocycles. The summed E-state index contributed by atoms with van der Waals surface area (Å²) < 4.78 is 1.46. The smallest absolute Gasteiger partial charge is 0.152 e. The van der Waals surface area contributed by atoms with Gasteiger partial charge in [0.05, 0.1) is 5.69 Å². The average Bonchev–Trinajstić information content (AvgIpc) is 2.70. The fourth-order valence-corrected chi connectivity index (χ4v) is 1.18. The van der Waals surface area contributed by atoms with E-state index in [4.69, 9.17) is 5.11 Å². The molecule has 0 saturated carbocycles. The van der Waals surface area contributed by atoms with Crippen molar-refractivity contribution in [3.05, 3.63) is 36.4 Å². The van der Waals surface area contributed by atoms with Gasteiger partial charge < -0.3 is 5.11 Å². The number of rotatable bonds is 2. The van der Waals surface area contributed by atoms with E-state index in [0.717, 1.165) is 0 Å². The molecule has 5 nitrogen and oxygen atoms in total. The van der Waals surface area contributed by atoms with Crippen molar-refractivity contribution in [1.29, 1.82) is 0 Å². The van der Waals surface area contributed by atoms with Gasteiger partial charge in [-0.1, -0.05) is 0 Å². The Morgan fingerprint density at radius 2 is 2.29 bits per heavy atom. The van der Waals surface area contributed by atoms with Gasteiger partial charge in [-0.05, 0) is 18.2 Å². The van der Waals surface area contributed by atoms with Gasteiger partial charge in [0, 0.05) is 5.56 Å². The van der Waals surface area contributed by atoms with Crippen LogP contribution >= 0.6 is 0 Å². The van der Waals surface area contributed by atoms with Crippen molar-refractivity contribution in [2.45, 2.75) is 0 Å². The zero-order chi connectivity index (χ0) is 9.97. The molecule has 2 rings (SSSR count). The second-order valence-corrected chi connectivity index (χ2v) is 2.70. The van der Waals surface area contributed by atoms with Crippen LogP contribution < -0.4 is 0 Å². The lowest BCUT2D eigenvalue weighted by molar-refractivity contribution is 0.112.